The largest absolute Gasteiger partial charge is 0.466 e. The third-order valence-corrected chi connectivity index (χ3v) is 14.2. The van der Waals surface area contributed by atoms with E-state index in [4.69, 9.17) is 4.74 Å². The first-order chi connectivity index (χ1) is 33.5. The van der Waals surface area contributed by atoms with Gasteiger partial charge in [0.2, 0.25) is 5.91 Å². The smallest absolute Gasteiger partial charge is 0.305 e. The van der Waals surface area contributed by atoms with E-state index in [2.05, 4.69) is 31.3 Å². The summed E-state index contributed by atoms with van der Waals surface area (Å²) in [5, 5.41) is 23.1. The highest BCUT2D eigenvalue weighted by Crippen LogP contribution is 2.17. The van der Waals surface area contributed by atoms with Gasteiger partial charge in [-0.05, 0) is 57.8 Å². The normalized spacial score (nSPS) is 12.7. The van der Waals surface area contributed by atoms with E-state index in [9.17, 15) is 19.8 Å². The van der Waals surface area contributed by atoms with Gasteiger partial charge in [0.1, 0.15) is 0 Å². The maximum absolute atomic E-state index is 12.5. The molecule has 2 unspecified atom stereocenters. The molecule has 6 nitrogen and oxygen atoms in total. The highest BCUT2D eigenvalue weighted by Gasteiger charge is 2.18. The van der Waals surface area contributed by atoms with Gasteiger partial charge in [-0.2, -0.15) is 0 Å². The van der Waals surface area contributed by atoms with E-state index in [-0.39, 0.29) is 18.5 Å². The molecule has 0 aromatic rings. The Labute approximate surface area is 424 Å². The van der Waals surface area contributed by atoms with E-state index in [1.165, 1.54) is 263 Å². The highest BCUT2D eigenvalue weighted by atomic mass is 16.5. The zero-order valence-corrected chi connectivity index (χ0v) is 45.9. The second-order valence-corrected chi connectivity index (χ2v) is 21.0. The van der Waals surface area contributed by atoms with Crippen LogP contribution in [-0.2, 0) is 14.3 Å². The Morgan fingerprint density at radius 2 is 0.691 bits per heavy atom. The number of aliphatic hydroxyl groups excluding tert-OH is 2. The van der Waals surface area contributed by atoms with Crippen molar-refractivity contribution in [3.63, 3.8) is 0 Å². The van der Waals surface area contributed by atoms with Crippen LogP contribution in [0, 0.1) is 0 Å². The number of carbonyl (C=O) groups is 2. The van der Waals surface area contributed by atoms with Crippen LogP contribution in [0.15, 0.2) is 24.3 Å². The summed E-state index contributed by atoms with van der Waals surface area (Å²) in [7, 11) is 0. The zero-order chi connectivity index (χ0) is 49.3. The number of carbonyl (C=O) groups excluding carboxylic acids is 2. The molecule has 0 bridgehead atoms. The molecular weight excluding hydrogens is 839 g/mol. The monoisotopic (exact) mass is 958 g/mol. The Bertz CT molecular complexity index is 1060. The molecule has 68 heavy (non-hydrogen) atoms. The second-order valence-electron chi connectivity index (χ2n) is 21.0. The summed E-state index contributed by atoms with van der Waals surface area (Å²) in [6.45, 7) is 4.92. The molecule has 6 heteroatoms. The van der Waals surface area contributed by atoms with Gasteiger partial charge in [-0.3, -0.25) is 9.59 Å². The van der Waals surface area contributed by atoms with E-state index in [1.54, 1.807) is 6.08 Å². The van der Waals surface area contributed by atoms with Crippen molar-refractivity contribution in [2.75, 3.05) is 13.2 Å². The molecule has 0 saturated carbocycles. The standard InChI is InChI=1S/C62H119NO5/c1-3-5-7-9-11-13-15-17-18-28-31-34-38-42-46-50-54-60(65)59(58-64)63-61(66)55-51-47-43-39-35-32-29-26-24-22-20-19-21-23-25-27-30-33-37-41-45-49-53-57-68-62(67)56-52-48-44-40-36-16-14-12-10-8-6-4-2/h22,24,50,54,59-60,64-65H,3-21,23,25-49,51-53,55-58H2,1-2H3,(H,63,66)/b24-22-,54-50+. The fourth-order valence-electron chi connectivity index (χ4n) is 9.51. The molecule has 1 amide bonds. The Morgan fingerprint density at radius 1 is 0.397 bits per heavy atom. The van der Waals surface area contributed by atoms with Gasteiger partial charge in [0, 0.05) is 12.8 Å². The van der Waals surface area contributed by atoms with Gasteiger partial charge in [-0.25, -0.2) is 0 Å². The number of rotatable bonds is 57. The molecule has 0 rings (SSSR count). The van der Waals surface area contributed by atoms with Crippen LogP contribution in [0.25, 0.3) is 0 Å². The van der Waals surface area contributed by atoms with Gasteiger partial charge in [-0.15, -0.1) is 0 Å². The Balaban J connectivity index is 3.43. The van der Waals surface area contributed by atoms with Crippen molar-refractivity contribution in [3.05, 3.63) is 24.3 Å². The SMILES string of the molecule is CCCCCCCCCCCCCCCC/C=C/C(O)C(CO)NC(=O)CCCCCCCCC/C=C\CCCCCCCCCCCCCCOC(=O)CCCCCCCCCCCCCC. The average molecular weight is 959 g/mol. The fraction of sp³-hybridized carbons (Fsp3) is 0.903. The van der Waals surface area contributed by atoms with E-state index < -0.39 is 12.1 Å². The lowest BCUT2D eigenvalue weighted by Crippen LogP contribution is -2.45. The molecule has 0 fully saturated rings. The molecule has 0 aliphatic carbocycles. The number of esters is 1. The predicted molar refractivity (Wildman–Crippen MR) is 296 cm³/mol. The molecule has 0 aliphatic heterocycles. The minimum Gasteiger partial charge on any atom is -0.466 e. The lowest BCUT2D eigenvalue weighted by Gasteiger charge is -2.20. The van der Waals surface area contributed by atoms with Crippen molar-refractivity contribution in [3.8, 4) is 0 Å². The van der Waals surface area contributed by atoms with Crippen LogP contribution in [0.5, 0.6) is 0 Å². The minimum absolute atomic E-state index is 0.0119. The number of unbranched alkanes of at least 4 members (excludes halogenated alkanes) is 44. The molecule has 3 N–H and O–H groups in total. The van der Waals surface area contributed by atoms with Gasteiger partial charge < -0.3 is 20.3 Å². The molecule has 0 spiro atoms. The molecule has 402 valence electrons. The van der Waals surface area contributed by atoms with Crippen LogP contribution < -0.4 is 5.32 Å². The van der Waals surface area contributed by atoms with Gasteiger partial charge in [0.25, 0.3) is 0 Å². The number of hydrogen-bond donors (Lipinski definition) is 3. The molecular formula is C62H119NO5. The lowest BCUT2D eigenvalue weighted by atomic mass is 10.0. The van der Waals surface area contributed by atoms with Crippen molar-refractivity contribution in [2.45, 2.75) is 347 Å². The van der Waals surface area contributed by atoms with E-state index >= 15 is 0 Å². The van der Waals surface area contributed by atoms with Crippen LogP contribution in [0.1, 0.15) is 335 Å². The van der Waals surface area contributed by atoms with Gasteiger partial charge in [-0.1, -0.05) is 289 Å². The van der Waals surface area contributed by atoms with Crippen LogP contribution >= 0.6 is 0 Å². The Morgan fingerprint density at radius 3 is 1.04 bits per heavy atom. The second kappa shape index (κ2) is 57.9. The molecule has 2 atom stereocenters. The third kappa shape index (κ3) is 53.7. The first-order valence-corrected chi connectivity index (χ1v) is 30.6. The fourth-order valence-corrected chi connectivity index (χ4v) is 9.51. The summed E-state index contributed by atoms with van der Waals surface area (Å²) in [5.41, 5.74) is 0. The first-order valence-electron chi connectivity index (χ1n) is 30.6. The Hall–Kier alpha value is -1.66. The van der Waals surface area contributed by atoms with Crippen molar-refractivity contribution in [1.29, 1.82) is 0 Å². The summed E-state index contributed by atoms with van der Waals surface area (Å²) >= 11 is 0. The zero-order valence-electron chi connectivity index (χ0n) is 45.9. The van der Waals surface area contributed by atoms with Crippen molar-refractivity contribution in [2.24, 2.45) is 0 Å². The maximum atomic E-state index is 12.5. The molecule has 0 radical (unpaired) electrons. The van der Waals surface area contributed by atoms with E-state index in [0.29, 0.717) is 19.4 Å². The molecule has 0 aromatic carbocycles. The van der Waals surface area contributed by atoms with E-state index in [0.717, 1.165) is 44.9 Å². The van der Waals surface area contributed by atoms with Crippen LogP contribution in [0.2, 0.25) is 0 Å². The highest BCUT2D eigenvalue weighted by molar-refractivity contribution is 5.76. The number of amides is 1. The summed E-state index contributed by atoms with van der Waals surface area (Å²) in [4.78, 5) is 24.5. The van der Waals surface area contributed by atoms with Crippen molar-refractivity contribution >= 4 is 11.9 Å². The average Bonchev–Trinajstić information content (AvgIpc) is 3.34. The molecule has 0 saturated heterocycles. The molecule has 0 aliphatic rings. The summed E-state index contributed by atoms with van der Waals surface area (Å²) in [5.74, 6) is -0.0606. The number of aliphatic hydroxyl groups is 2. The number of nitrogens with one attached hydrogen (secondary N) is 1. The summed E-state index contributed by atoms with van der Waals surface area (Å²) < 4.78 is 5.47. The molecule has 0 heterocycles. The van der Waals surface area contributed by atoms with Crippen LogP contribution in [0.4, 0.5) is 0 Å². The number of ether oxygens (including phenoxy) is 1. The van der Waals surface area contributed by atoms with Crippen LogP contribution in [0.3, 0.4) is 0 Å². The van der Waals surface area contributed by atoms with Gasteiger partial charge in [0.15, 0.2) is 0 Å². The Kier molecular flexibility index (Phi) is 56.5. The number of allylic oxidation sites excluding steroid dienone is 3. The topological polar surface area (TPSA) is 95.9 Å². The van der Waals surface area contributed by atoms with E-state index in [1.807, 2.05) is 6.08 Å². The van der Waals surface area contributed by atoms with Gasteiger partial charge >= 0.3 is 5.97 Å². The summed E-state index contributed by atoms with van der Waals surface area (Å²) in [6.07, 6.45) is 70.7. The quantitative estimate of drug-likeness (QED) is 0.0321. The minimum atomic E-state index is -0.848. The predicted octanol–water partition coefficient (Wildman–Crippen LogP) is 19.0. The van der Waals surface area contributed by atoms with Crippen molar-refractivity contribution < 1.29 is 24.5 Å². The summed E-state index contributed by atoms with van der Waals surface area (Å²) in [6, 6.07) is -0.632. The lowest BCUT2D eigenvalue weighted by molar-refractivity contribution is -0.143. The third-order valence-electron chi connectivity index (χ3n) is 14.2. The maximum Gasteiger partial charge on any atom is 0.305 e. The van der Waals surface area contributed by atoms with Gasteiger partial charge in [0.05, 0.1) is 25.4 Å². The number of hydrogen-bond acceptors (Lipinski definition) is 5. The molecule has 0 aromatic heterocycles. The van der Waals surface area contributed by atoms with Crippen molar-refractivity contribution in [1.82, 2.24) is 5.32 Å². The van der Waals surface area contributed by atoms with Crippen LogP contribution in [-0.4, -0.2) is 47.4 Å². The first kappa shape index (κ1) is 66.3.